The summed E-state index contributed by atoms with van der Waals surface area (Å²) in [6.07, 6.45) is 6.79. The first-order chi connectivity index (χ1) is 11.6. The zero-order chi connectivity index (χ0) is 17.1. The second kappa shape index (κ2) is 7.34. The molecule has 0 bridgehead atoms. The van der Waals surface area contributed by atoms with E-state index in [1.165, 1.54) is 16.2 Å². The van der Waals surface area contributed by atoms with Crippen LogP contribution < -0.4 is 11.1 Å². The smallest absolute Gasteiger partial charge is 0.251 e. The van der Waals surface area contributed by atoms with Crippen molar-refractivity contribution in [1.29, 1.82) is 0 Å². The minimum atomic E-state index is -0.473. The van der Waals surface area contributed by atoms with Gasteiger partial charge in [-0.2, -0.15) is 0 Å². The van der Waals surface area contributed by atoms with E-state index in [9.17, 15) is 14.4 Å². The number of carbonyl (C=O) groups is 3. The maximum absolute atomic E-state index is 12.2. The third-order valence-electron chi connectivity index (χ3n) is 4.70. The summed E-state index contributed by atoms with van der Waals surface area (Å²) in [6.45, 7) is 1.16. The highest BCUT2D eigenvalue weighted by atomic mass is 32.1. The molecule has 0 radical (unpaired) electrons. The van der Waals surface area contributed by atoms with E-state index in [4.69, 9.17) is 5.73 Å². The standard InChI is InChI=1S/C17H23N3O3S/c18-16(23)15-11-5-2-1-3-6-12(11)24-17(15)19-13(21)8-10-20-9-4-7-14(20)22/h1-10H2,(H2,18,23)(H,19,21). The molecule has 1 aromatic heterocycles. The summed E-state index contributed by atoms with van der Waals surface area (Å²) in [5.41, 5.74) is 7.08. The maximum Gasteiger partial charge on any atom is 0.251 e. The first-order valence-electron chi connectivity index (χ1n) is 8.58. The van der Waals surface area contributed by atoms with Gasteiger partial charge in [-0.05, 0) is 37.7 Å². The van der Waals surface area contributed by atoms with Crippen molar-refractivity contribution in [2.75, 3.05) is 18.4 Å². The molecule has 0 spiro atoms. The van der Waals surface area contributed by atoms with Crippen LogP contribution in [0.2, 0.25) is 0 Å². The van der Waals surface area contributed by atoms with Crippen molar-refractivity contribution in [3.8, 4) is 0 Å². The number of nitrogens with one attached hydrogen (secondary N) is 1. The molecule has 7 heteroatoms. The molecule has 130 valence electrons. The number of hydrogen-bond acceptors (Lipinski definition) is 4. The Labute approximate surface area is 145 Å². The van der Waals surface area contributed by atoms with E-state index >= 15 is 0 Å². The number of anilines is 1. The zero-order valence-corrected chi connectivity index (χ0v) is 14.5. The van der Waals surface area contributed by atoms with E-state index in [2.05, 4.69) is 5.32 Å². The van der Waals surface area contributed by atoms with Gasteiger partial charge in [-0.1, -0.05) is 6.42 Å². The molecule has 3 N–H and O–H groups in total. The highest BCUT2D eigenvalue weighted by molar-refractivity contribution is 7.17. The quantitative estimate of drug-likeness (QED) is 0.797. The molecule has 0 unspecified atom stereocenters. The molecule has 3 rings (SSSR count). The van der Waals surface area contributed by atoms with Gasteiger partial charge < -0.3 is 16.0 Å². The van der Waals surface area contributed by atoms with E-state index in [1.54, 1.807) is 4.90 Å². The number of hydrogen-bond donors (Lipinski definition) is 2. The normalized spacial score (nSPS) is 17.5. The fraction of sp³-hybridized carbons (Fsp3) is 0.588. The molecule has 24 heavy (non-hydrogen) atoms. The number of rotatable bonds is 5. The number of fused-ring (bicyclic) bond motifs is 1. The Morgan fingerprint density at radius 2 is 1.92 bits per heavy atom. The summed E-state index contributed by atoms with van der Waals surface area (Å²) in [4.78, 5) is 38.6. The maximum atomic E-state index is 12.2. The molecule has 0 aromatic carbocycles. The molecule has 1 saturated heterocycles. The van der Waals surface area contributed by atoms with Crippen molar-refractivity contribution in [3.63, 3.8) is 0 Å². The van der Waals surface area contributed by atoms with Crippen LogP contribution in [0.3, 0.4) is 0 Å². The number of carbonyl (C=O) groups excluding carboxylic acids is 3. The van der Waals surface area contributed by atoms with Crippen LogP contribution in [0.1, 0.15) is 59.3 Å². The number of nitrogens with two attached hydrogens (primary N) is 1. The molecular formula is C17H23N3O3S. The van der Waals surface area contributed by atoms with Gasteiger partial charge in [0.15, 0.2) is 0 Å². The van der Waals surface area contributed by atoms with Crippen LogP contribution in [0.15, 0.2) is 0 Å². The number of amides is 3. The van der Waals surface area contributed by atoms with Crippen LogP contribution in [0.4, 0.5) is 5.00 Å². The first kappa shape index (κ1) is 17.0. The Morgan fingerprint density at radius 1 is 1.12 bits per heavy atom. The number of aryl methyl sites for hydroxylation is 1. The van der Waals surface area contributed by atoms with Gasteiger partial charge in [0.1, 0.15) is 5.00 Å². The molecule has 1 aliphatic heterocycles. The molecule has 1 aromatic rings. The summed E-state index contributed by atoms with van der Waals surface area (Å²) < 4.78 is 0. The predicted octanol–water partition coefficient (Wildman–Crippen LogP) is 2.07. The Balaban J connectivity index is 1.68. The Kier molecular flexibility index (Phi) is 5.18. The van der Waals surface area contributed by atoms with Gasteiger partial charge in [0, 0.05) is 30.8 Å². The van der Waals surface area contributed by atoms with Gasteiger partial charge in [0.2, 0.25) is 11.8 Å². The second-order valence-corrected chi connectivity index (χ2v) is 7.52. The van der Waals surface area contributed by atoms with E-state index in [-0.39, 0.29) is 18.2 Å². The second-order valence-electron chi connectivity index (χ2n) is 6.42. The Bertz CT molecular complexity index is 668. The molecule has 0 saturated carbocycles. The van der Waals surface area contributed by atoms with Crippen LogP contribution >= 0.6 is 11.3 Å². The summed E-state index contributed by atoms with van der Waals surface area (Å²) in [5, 5.41) is 3.43. The number of nitrogens with zero attached hydrogens (tertiary/aromatic N) is 1. The van der Waals surface area contributed by atoms with Crippen molar-refractivity contribution < 1.29 is 14.4 Å². The van der Waals surface area contributed by atoms with Crippen LogP contribution in [0.5, 0.6) is 0 Å². The largest absolute Gasteiger partial charge is 0.365 e. The molecule has 1 fully saturated rings. The monoisotopic (exact) mass is 349 g/mol. The van der Waals surface area contributed by atoms with Gasteiger partial charge in [-0.3, -0.25) is 14.4 Å². The van der Waals surface area contributed by atoms with Crippen molar-refractivity contribution in [2.45, 2.75) is 51.4 Å². The van der Waals surface area contributed by atoms with Crippen molar-refractivity contribution >= 4 is 34.1 Å². The van der Waals surface area contributed by atoms with E-state index < -0.39 is 5.91 Å². The van der Waals surface area contributed by atoms with Crippen molar-refractivity contribution in [3.05, 3.63) is 16.0 Å². The van der Waals surface area contributed by atoms with Gasteiger partial charge >= 0.3 is 0 Å². The highest BCUT2D eigenvalue weighted by Gasteiger charge is 2.25. The van der Waals surface area contributed by atoms with E-state index in [1.807, 2.05) is 0 Å². The number of primary amides is 1. The minimum Gasteiger partial charge on any atom is -0.365 e. The first-order valence-corrected chi connectivity index (χ1v) is 9.40. The zero-order valence-electron chi connectivity index (χ0n) is 13.7. The molecule has 3 amide bonds. The lowest BCUT2D eigenvalue weighted by Gasteiger charge is -2.14. The molecule has 0 atom stereocenters. The van der Waals surface area contributed by atoms with Gasteiger partial charge in [0.05, 0.1) is 5.56 Å². The summed E-state index contributed by atoms with van der Waals surface area (Å²) in [6, 6.07) is 0. The lowest BCUT2D eigenvalue weighted by molar-refractivity contribution is -0.128. The predicted molar refractivity (Wildman–Crippen MR) is 93.2 cm³/mol. The third kappa shape index (κ3) is 3.61. The molecule has 2 heterocycles. The van der Waals surface area contributed by atoms with E-state index in [0.29, 0.717) is 23.5 Å². The lowest BCUT2D eigenvalue weighted by Crippen LogP contribution is -2.29. The van der Waals surface area contributed by atoms with Crippen LogP contribution in [0, 0.1) is 0 Å². The molecule has 1 aliphatic carbocycles. The SMILES string of the molecule is NC(=O)c1c(NC(=O)CCN2CCCC2=O)sc2c1CCCCC2. The topological polar surface area (TPSA) is 92.5 Å². The Morgan fingerprint density at radius 3 is 2.62 bits per heavy atom. The van der Waals surface area contributed by atoms with Gasteiger partial charge in [-0.25, -0.2) is 0 Å². The average molecular weight is 349 g/mol. The van der Waals surface area contributed by atoms with Crippen LogP contribution in [-0.4, -0.2) is 35.7 Å². The van der Waals surface area contributed by atoms with Crippen molar-refractivity contribution in [2.24, 2.45) is 5.73 Å². The van der Waals surface area contributed by atoms with Crippen molar-refractivity contribution in [1.82, 2.24) is 4.90 Å². The molecular weight excluding hydrogens is 326 g/mol. The van der Waals surface area contributed by atoms with Gasteiger partial charge in [0.25, 0.3) is 5.91 Å². The fourth-order valence-corrected chi connectivity index (χ4v) is 4.77. The van der Waals surface area contributed by atoms with Crippen LogP contribution in [0.25, 0.3) is 0 Å². The van der Waals surface area contributed by atoms with E-state index in [0.717, 1.165) is 50.6 Å². The summed E-state index contributed by atoms with van der Waals surface area (Å²) in [7, 11) is 0. The molecule has 6 nitrogen and oxygen atoms in total. The average Bonchev–Trinajstić information content (AvgIpc) is 3.01. The fourth-order valence-electron chi connectivity index (χ4n) is 3.46. The number of thiophene rings is 1. The summed E-state index contributed by atoms with van der Waals surface area (Å²) in [5.74, 6) is -0.531. The summed E-state index contributed by atoms with van der Waals surface area (Å²) >= 11 is 1.48. The van der Waals surface area contributed by atoms with Crippen LogP contribution in [-0.2, 0) is 22.4 Å². The minimum absolute atomic E-state index is 0.114. The Hall–Kier alpha value is -1.89. The number of likely N-dealkylation sites (tertiary alicyclic amines) is 1. The highest BCUT2D eigenvalue weighted by Crippen LogP contribution is 2.37. The van der Waals surface area contributed by atoms with Gasteiger partial charge in [-0.15, -0.1) is 11.3 Å². The third-order valence-corrected chi connectivity index (χ3v) is 5.91. The lowest BCUT2D eigenvalue weighted by atomic mass is 10.1. The molecule has 2 aliphatic rings.